The first kappa shape index (κ1) is 21.9. The van der Waals surface area contributed by atoms with E-state index < -0.39 is 10.0 Å². The Morgan fingerprint density at radius 3 is 2.41 bits per heavy atom. The van der Waals surface area contributed by atoms with Crippen molar-refractivity contribution in [3.05, 3.63) is 46.4 Å². The van der Waals surface area contributed by atoms with Gasteiger partial charge in [-0.2, -0.15) is 0 Å². The van der Waals surface area contributed by atoms with Crippen molar-refractivity contribution in [3.63, 3.8) is 0 Å². The van der Waals surface area contributed by atoms with E-state index in [9.17, 15) is 8.42 Å². The Balaban J connectivity index is 0.00000261. The first-order valence-electron chi connectivity index (χ1n) is 8.02. The first-order valence-corrected chi connectivity index (χ1v) is 10.3. The Labute approximate surface area is 175 Å². The molecule has 0 spiro atoms. The van der Waals surface area contributed by atoms with Crippen molar-refractivity contribution < 1.29 is 13.2 Å². The summed E-state index contributed by atoms with van der Waals surface area (Å²) in [5.74, 6) is 0.639. The second kappa shape index (κ2) is 9.21. The predicted molar refractivity (Wildman–Crippen MR) is 113 cm³/mol. The van der Waals surface area contributed by atoms with Gasteiger partial charge in [0, 0.05) is 26.2 Å². The number of rotatable bonds is 5. The number of halogens is 3. The number of nitrogens with zero attached hydrogens (tertiary/aromatic N) is 1. The van der Waals surface area contributed by atoms with Crippen molar-refractivity contribution in [1.29, 1.82) is 0 Å². The molecule has 0 bridgehead atoms. The van der Waals surface area contributed by atoms with Crippen LogP contribution in [-0.4, -0.2) is 41.7 Å². The zero-order valence-electron chi connectivity index (χ0n) is 14.5. The van der Waals surface area contributed by atoms with Crippen LogP contribution in [0.25, 0.3) is 0 Å². The van der Waals surface area contributed by atoms with Crippen molar-refractivity contribution in [3.8, 4) is 5.75 Å². The summed E-state index contributed by atoms with van der Waals surface area (Å²) in [5.41, 5.74) is 1.10. The molecule has 0 saturated carbocycles. The normalized spacial score (nSPS) is 14.4. The van der Waals surface area contributed by atoms with Crippen LogP contribution in [0.15, 0.2) is 41.3 Å². The average molecular weight is 453 g/mol. The highest BCUT2D eigenvalue weighted by Crippen LogP contribution is 2.32. The van der Waals surface area contributed by atoms with E-state index in [1.807, 2.05) is 0 Å². The molecule has 6 nitrogen and oxygen atoms in total. The molecule has 0 radical (unpaired) electrons. The SMILES string of the molecule is COc1ccc(S(=O)(=O)Nc2ccc(Cl)c(Cl)c2)cc1N1CCNCC1.Cl. The maximum atomic E-state index is 12.8. The molecule has 1 aliphatic heterocycles. The molecule has 0 atom stereocenters. The summed E-state index contributed by atoms with van der Waals surface area (Å²) in [7, 11) is -2.21. The fourth-order valence-corrected chi connectivity index (χ4v) is 4.13. The van der Waals surface area contributed by atoms with Gasteiger partial charge in [0.25, 0.3) is 10.0 Å². The van der Waals surface area contributed by atoms with Gasteiger partial charge >= 0.3 is 0 Å². The largest absolute Gasteiger partial charge is 0.495 e. The molecule has 1 saturated heterocycles. The van der Waals surface area contributed by atoms with Gasteiger partial charge in [-0.3, -0.25) is 4.72 Å². The molecule has 0 aromatic heterocycles. The van der Waals surface area contributed by atoms with Crippen LogP contribution in [0.1, 0.15) is 0 Å². The van der Waals surface area contributed by atoms with Crippen LogP contribution in [0, 0.1) is 0 Å². The molecule has 148 valence electrons. The molecule has 1 aliphatic rings. The third-order valence-electron chi connectivity index (χ3n) is 4.09. The lowest BCUT2D eigenvalue weighted by molar-refractivity contribution is 0.412. The minimum atomic E-state index is -3.78. The highest BCUT2D eigenvalue weighted by atomic mass is 35.5. The number of ether oxygens (including phenoxy) is 1. The minimum absolute atomic E-state index is 0. The van der Waals surface area contributed by atoms with Crippen molar-refractivity contribution in [2.45, 2.75) is 4.90 Å². The number of benzene rings is 2. The van der Waals surface area contributed by atoms with Crippen LogP contribution in [0.4, 0.5) is 11.4 Å². The summed E-state index contributed by atoms with van der Waals surface area (Å²) >= 11 is 11.8. The monoisotopic (exact) mass is 451 g/mol. The first-order chi connectivity index (χ1) is 12.4. The fourth-order valence-electron chi connectivity index (χ4n) is 2.76. The number of anilines is 2. The van der Waals surface area contributed by atoms with Crippen LogP contribution >= 0.6 is 35.6 Å². The van der Waals surface area contributed by atoms with Gasteiger partial charge in [0.2, 0.25) is 0 Å². The van der Waals surface area contributed by atoms with Crippen LogP contribution in [0.5, 0.6) is 5.75 Å². The lowest BCUT2D eigenvalue weighted by atomic mass is 10.2. The Kier molecular flexibility index (Phi) is 7.47. The van der Waals surface area contributed by atoms with E-state index in [4.69, 9.17) is 27.9 Å². The molecule has 0 unspecified atom stereocenters. The second-order valence-corrected chi connectivity index (χ2v) is 8.30. The third kappa shape index (κ3) is 5.12. The minimum Gasteiger partial charge on any atom is -0.495 e. The molecule has 2 aromatic rings. The fraction of sp³-hybridized carbons (Fsp3) is 0.294. The van der Waals surface area contributed by atoms with Gasteiger partial charge in [0.15, 0.2) is 0 Å². The maximum absolute atomic E-state index is 12.8. The summed E-state index contributed by atoms with van der Waals surface area (Å²) in [5, 5.41) is 3.91. The Morgan fingerprint density at radius 2 is 1.78 bits per heavy atom. The number of hydrogen-bond acceptors (Lipinski definition) is 5. The summed E-state index contributed by atoms with van der Waals surface area (Å²) < 4.78 is 33.5. The molecule has 27 heavy (non-hydrogen) atoms. The number of piperazine rings is 1. The molecule has 3 rings (SSSR count). The zero-order valence-corrected chi connectivity index (χ0v) is 17.7. The topological polar surface area (TPSA) is 70.7 Å². The number of methoxy groups -OCH3 is 1. The van der Waals surface area contributed by atoms with Crippen molar-refractivity contribution in [1.82, 2.24) is 5.32 Å². The van der Waals surface area contributed by atoms with E-state index >= 15 is 0 Å². The van der Waals surface area contributed by atoms with E-state index in [1.54, 1.807) is 31.4 Å². The summed E-state index contributed by atoms with van der Waals surface area (Å²) in [4.78, 5) is 2.26. The standard InChI is InChI=1S/C17H19Cl2N3O3S.ClH/c1-25-17-5-3-13(11-16(17)22-8-6-20-7-9-22)26(23,24)21-12-2-4-14(18)15(19)10-12;/h2-5,10-11,20-21H,6-9H2,1H3;1H. The van der Waals surface area contributed by atoms with Crippen LogP contribution in [0.3, 0.4) is 0 Å². The Hall–Kier alpha value is -1.38. The molecular weight excluding hydrogens is 433 g/mol. The van der Waals surface area contributed by atoms with Gasteiger partial charge < -0.3 is 15.0 Å². The molecule has 2 aromatic carbocycles. The van der Waals surface area contributed by atoms with Gasteiger partial charge in [0.1, 0.15) is 5.75 Å². The molecule has 0 aliphatic carbocycles. The van der Waals surface area contributed by atoms with Gasteiger partial charge in [-0.05, 0) is 36.4 Å². The Bertz CT molecular complexity index is 904. The van der Waals surface area contributed by atoms with Gasteiger partial charge in [-0.25, -0.2) is 8.42 Å². The van der Waals surface area contributed by atoms with E-state index in [0.717, 1.165) is 31.9 Å². The summed E-state index contributed by atoms with van der Waals surface area (Å²) in [6.07, 6.45) is 0. The van der Waals surface area contributed by atoms with Gasteiger partial charge in [0.05, 0.1) is 33.4 Å². The molecule has 1 heterocycles. The lowest BCUT2D eigenvalue weighted by Crippen LogP contribution is -2.43. The van der Waals surface area contributed by atoms with Gasteiger partial charge in [-0.1, -0.05) is 23.2 Å². The molecule has 10 heteroatoms. The van der Waals surface area contributed by atoms with E-state index in [-0.39, 0.29) is 22.3 Å². The van der Waals surface area contributed by atoms with E-state index in [1.165, 1.54) is 12.1 Å². The summed E-state index contributed by atoms with van der Waals surface area (Å²) in [6, 6.07) is 9.39. The van der Waals surface area contributed by atoms with Crippen LogP contribution in [0.2, 0.25) is 10.0 Å². The molecular formula is C17H20Cl3N3O3S. The lowest BCUT2D eigenvalue weighted by Gasteiger charge is -2.30. The van der Waals surface area contributed by atoms with E-state index in [0.29, 0.717) is 16.5 Å². The van der Waals surface area contributed by atoms with Crippen LogP contribution < -0.4 is 19.7 Å². The number of sulfonamides is 1. The number of nitrogens with one attached hydrogen (secondary N) is 2. The van der Waals surface area contributed by atoms with Crippen molar-refractivity contribution in [2.75, 3.05) is 42.9 Å². The van der Waals surface area contributed by atoms with Gasteiger partial charge in [-0.15, -0.1) is 12.4 Å². The predicted octanol–water partition coefficient (Wildman–Crippen LogP) is 3.63. The van der Waals surface area contributed by atoms with E-state index in [2.05, 4.69) is 14.9 Å². The number of hydrogen-bond donors (Lipinski definition) is 2. The molecule has 0 amide bonds. The zero-order chi connectivity index (χ0) is 18.7. The highest BCUT2D eigenvalue weighted by Gasteiger charge is 2.21. The highest BCUT2D eigenvalue weighted by molar-refractivity contribution is 7.92. The van der Waals surface area contributed by atoms with Crippen molar-refractivity contribution >= 4 is 57.0 Å². The summed E-state index contributed by atoms with van der Waals surface area (Å²) in [6.45, 7) is 3.23. The quantitative estimate of drug-likeness (QED) is 0.725. The molecule has 1 fully saturated rings. The van der Waals surface area contributed by atoms with Crippen molar-refractivity contribution in [2.24, 2.45) is 0 Å². The smallest absolute Gasteiger partial charge is 0.261 e. The third-order valence-corrected chi connectivity index (χ3v) is 6.21. The molecule has 2 N–H and O–H groups in total. The Morgan fingerprint density at radius 1 is 1.07 bits per heavy atom. The van der Waals surface area contributed by atoms with Crippen LogP contribution in [-0.2, 0) is 10.0 Å². The second-order valence-electron chi connectivity index (χ2n) is 5.81. The average Bonchev–Trinajstić information content (AvgIpc) is 2.64. The maximum Gasteiger partial charge on any atom is 0.261 e.